The van der Waals surface area contributed by atoms with E-state index >= 15 is 0 Å². The molecule has 268 valence electrons. The molecule has 11 rings (SSSR count). The van der Waals surface area contributed by atoms with Crippen LogP contribution in [0.5, 0.6) is 0 Å². The number of aromatic nitrogens is 1. The zero-order chi connectivity index (χ0) is 37.8. The smallest absolute Gasteiger partial charge is 0.0743 e. The standard InChI is InChI=1S/C55H38N2/c1-7-19-39(20-8-1)41-31-33-52-48(35-41)49-36-42(40-21-9-2-10-22-40)37-51-54(49)57(52)53-34-32-47(56(45-27-15-5-16-28-45)46-29-17-6-18-30-46)38-50(53)55(51,43-23-11-3-12-24-43)44-25-13-4-14-26-44/h1-38H. The van der Waals surface area contributed by atoms with Crippen molar-refractivity contribution in [1.29, 1.82) is 0 Å². The van der Waals surface area contributed by atoms with Crippen molar-refractivity contribution in [2.45, 2.75) is 5.41 Å². The highest BCUT2D eigenvalue weighted by Crippen LogP contribution is 2.56. The Labute approximate surface area is 333 Å². The van der Waals surface area contributed by atoms with Crippen molar-refractivity contribution in [2.24, 2.45) is 0 Å². The molecule has 0 fully saturated rings. The third-order valence-corrected chi connectivity index (χ3v) is 11.8. The lowest BCUT2D eigenvalue weighted by Gasteiger charge is -2.42. The fourth-order valence-electron chi connectivity index (χ4n) is 9.36. The molecule has 0 saturated heterocycles. The Morgan fingerprint density at radius 2 is 0.825 bits per heavy atom. The van der Waals surface area contributed by atoms with E-state index in [0.29, 0.717) is 0 Å². The first-order valence-corrected chi connectivity index (χ1v) is 19.7. The van der Waals surface area contributed by atoms with Crippen LogP contribution in [0.3, 0.4) is 0 Å². The predicted molar refractivity (Wildman–Crippen MR) is 238 cm³/mol. The molecule has 1 aromatic heterocycles. The fourth-order valence-corrected chi connectivity index (χ4v) is 9.36. The molecule has 1 aliphatic rings. The van der Waals surface area contributed by atoms with Gasteiger partial charge in [0.2, 0.25) is 0 Å². The normalized spacial score (nSPS) is 12.7. The molecule has 2 heteroatoms. The molecule has 10 aromatic rings. The SMILES string of the molecule is c1ccc(-c2ccc3c(c2)c2cc(-c4ccccc4)cc4c2n3-c2ccc(N(c3ccccc3)c3ccccc3)cc2C4(c2ccccc2)c2ccccc2)cc1. The maximum Gasteiger partial charge on any atom is 0.0743 e. The minimum absolute atomic E-state index is 0.664. The van der Waals surface area contributed by atoms with Crippen molar-refractivity contribution in [3.63, 3.8) is 0 Å². The van der Waals surface area contributed by atoms with Crippen LogP contribution in [0.2, 0.25) is 0 Å². The Balaban J connectivity index is 1.32. The summed E-state index contributed by atoms with van der Waals surface area (Å²) in [4.78, 5) is 2.38. The van der Waals surface area contributed by atoms with E-state index in [4.69, 9.17) is 0 Å². The van der Waals surface area contributed by atoms with Crippen LogP contribution in [0.25, 0.3) is 49.7 Å². The summed E-state index contributed by atoms with van der Waals surface area (Å²) in [6.07, 6.45) is 0. The number of benzene rings is 9. The summed E-state index contributed by atoms with van der Waals surface area (Å²) >= 11 is 0. The molecule has 0 atom stereocenters. The molecule has 0 aliphatic carbocycles. The minimum atomic E-state index is -0.664. The molecule has 0 amide bonds. The first-order valence-electron chi connectivity index (χ1n) is 19.7. The van der Waals surface area contributed by atoms with E-state index in [1.54, 1.807) is 0 Å². The molecule has 0 unspecified atom stereocenters. The summed E-state index contributed by atoms with van der Waals surface area (Å²) < 4.78 is 2.54. The largest absolute Gasteiger partial charge is 0.310 e. The third-order valence-electron chi connectivity index (χ3n) is 11.8. The second-order valence-electron chi connectivity index (χ2n) is 14.9. The molecule has 0 saturated carbocycles. The van der Waals surface area contributed by atoms with Crippen molar-refractivity contribution in [2.75, 3.05) is 4.90 Å². The number of nitrogens with zero attached hydrogens (tertiary/aromatic N) is 2. The highest BCUT2D eigenvalue weighted by molar-refractivity contribution is 6.14. The van der Waals surface area contributed by atoms with Crippen molar-refractivity contribution in [3.8, 4) is 27.9 Å². The van der Waals surface area contributed by atoms with Crippen molar-refractivity contribution < 1.29 is 0 Å². The lowest BCUT2D eigenvalue weighted by Crippen LogP contribution is -2.35. The Hall–Kier alpha value is -7.42. The van der Waals surface area contributed by atoms with Crippen LogP contribution in [0.15, 0.2) is 231 Å². The van der Waals surface area contributed by atoms with Gasteiger partial charge in [-0.2, -0.15) is 0 Å². The Morgan fingerprint density at radius 3 is 1.39 bits per heavy atom. The molecule has 57 heavy (non-hydrogen) atoms. The van der Waals surface area contributed by atoms with Crippen LogP contribution < -0.4 is 4.90 Å². The number of fused-ring (bicyclic) bond motifs is 5. The molecule has 9 aromatic carbocycles. The Bertz CT molecular complexity index is 2950. The molecule has 0 spiro atoms. The number of rotatable bonds is 7. The molecule has 2 nitrogen and oxygen atoms in total. The van der Waals surface area contributed by atoms with Gasteiger partial charge in [-0.05, 0) is 111 Å². The minimum Gasteiger partial charge on any atom is -0.310 e. The van der Waals surface area contributed by atoms with E-state index in [1.807, 2.05) is 0 Å². The van der Waals surface area contributed by atoms with Gasteiger partial charge in [0, 0.05) is 27.8 Å². The van der Waals surface area contributed by atoms with E-state index in [0.717, 1.165) is 17.1 Å². The summed E-state index contributed by atoms with van der Waals surface area (Å²) in [7, 11) is 0. The highest BCUT2D eigenvalue weighted by atomic mass is 15.1. The van der Waals surface area contributed by atoms with Gasteiger partial charge in [-0.1, -0.05) is 164 Å². The molecule has 2 heterocycles. The van der Waals surface area contributed by atoms with E-state index in [9.17, 15) is 0 Å². The summed E-state index contributed by atoms with van der Waals surface area (Å²) in [5.41, 5.74) is 16.1. The first-order chi connectivity index (χ1) is 28.3. The van der Waals surface area contributed by atoms with Crippen molar-refractivity contribution in [3.05, 3.63) is 253 Å². The number of hydrogen-bond acceptors (Lipinski definition) is 1. The van der Waals surface area contributed by atoms with E-state index in [2.05, 4.69) is 240 Å². The Morgan fingerprint density at radius 1 is 0.333 bits per heavy atom. The highest BCUT2D eigenvalue weighted by Gasteiger charge is 2.46. The molecular weight excluding hydrogens is 689 g/mol. The van der Waals surface area contributed by atoms with Crippen LogP contribution in [0.1, 0.15) is 22.3 Å². The summed E-state index contributed by atoms with van der Waals surface area (Å²) in [6, 6.07) is 84.4. The second kappa shape index (κ2) is 13.4. The average molecular weight is 727 g/mol. The number of para-hydroxylation sites is 2. The average Bonchev–Trinajstić information content (AvgIpc) is 3.62. The zero-order valence-corrected chi connectivity index (χ0v) is 31.3. The predicted octanol–water partition coefficient (Wildman–Crippen LogP) is 14.3. The lowest BCUT2D eigenvalue weighted by molar-refractivity contribution is 0.728. The first kappa shape index (κ1) is 33.0. The fraction of sp³-hybridized carbons (Fsp3) is 0.0182. The van der Waals surface area contributed by atoms with Crippen LogP contribution in [0.4, 0.5) is 17.1 Å². The topological polar surface area (TPSA) is 8.17 Å². The van der Waals surface area contributed by atoms with E-state index < -0.39 is 5.41 Å². The molecule has 1 aliphatic heterocycles. The quantitative estimate of drug-likeness (QED) is 0.159. The van der Waals surface area contributed by atoms with Gasteiger partial charge in [-0.25, -0.2) is 0 Å². The summed E-state index contributed by atoms with van der Waals surface area (Å²) in [6.45, 7) is 0. The summed E-state index contributed by atoms with van der Waals surface area (Å²) in [5, 5.41) is 2.49. The second-order valence-corrected chi connectivity index (χ2v) is 14.9. The van der Waals surface area contributed by atoms with E-state index in [1.165, 1.54) is 72.0 Å². The molecule has 0 radical (unpaired) electrons. The van der Waals surface area contributed by atoms with Crippen LogP contribution in [0, 0.1) is 0 Å². The maximum atomic E-state index is 2.54. The van der Waals surface area contributed by atoms with Crippen LogP contribution in [-0.4, -0.2) is 4.57 Å². The van der Waals surface area contributed by atoms with Gasteiger partial charge in [-0.15, -0.1) is 0 Å². The maximum absolute atomic E-state index is 2.54. The van der Waals surface area contributed by atoms with Gasteiger partial charge in [0.25, 0.3) is 0 Å². The van der Waals surface area contributed by atoms with Gasteiger partial charge in [0.1, 0.15) is 0 Å². The van der Waals surface area contributed by atoms with Gasteiger partial charge >= 0.3 is 0 Å². The van der Waals surface area contributed by atoms with Gasteiger partial charge in [0.15, 0.2) is 0 Å². The van der Waals surface area contributed by atoms with Crippen molar-refractivity contribution >= 4 is 38.9 Å². The molecule has 0 bridgehead atoms. The van der Waals surface area contributed by atoms with Gasteiger partial charge in [0.05, 0.1) is 22.1 Å². The molecular formula is C55H38N2. The molecule has 0 N–H and O–H groups in total. The lowest BCUT2D eigenvalue weighted by atomic mass is 9.62. The number of hydrogen-bond donors (Lipinski definition) is 0. The summed E-state index contributed by atoms with van der Waals surface area (Å²) in [5.74, 6) is 0. The zero-order valence-electron chi connectivity index (χ0n) is 31.3. The van der Waals surface area contributed by atoms with Crippen LogP contribution in [-0.2, 0) is 5.41 Å². The van der Waals surface area contributed by atoms with Gasteiger partial charge < -0.3 is 9.47 Å². The van der Waals surface area contributed by atoms with Crippen molar-refractivity contribution in [1.82, 2.24) is 4.57 Å². The van der Waals surface area contributed by atoms with Crippen LogP contribution >= 0.6 is 0 Å². The van der Waals surface area contributed by atoms with Gasteiger partial charge in [-0.3, -0.25) is 0 Å². The Kier molecular flexibility index (Phi) is 7.75. The van der Waals surface area contributed by atoms with E-state index in [-0.39, 0.29) is 0 Å². The monoisotopic (exact) mass is 726 g/mol. The number of anilines is 3. The third kappa shape index (κ3) is 5.18.